The third kappa shape index (κ3) is 7.60. The van der Waals surface area contributed by atoms with Crippen LogP contribution in [0.5, 0.6) is 11.8 Å². The normalized spacial score (nSPS) is 15.1. The fourth-order valence-corrected chi connectivity index (χ4v) is 5.66. The summed E-state index contributed by atoms with van der Waals surface area (Å²) in [5.41, 5.74) is 3.35. The number of ether oxygens (including phenoxy) is 3. The Balaban J connectivity index is 1.94. The Bertz CT molecular complexity index is 1270. The van der Waals surface area contributed by atoms with E-state index in [-0.39, 0.29) is 30.2 Å². The highest BCUT2D eigenvalue weighted by atomic mass is 31.2. The van der Waals surface area contributed by atoms with Crippen LogP contribution in [0.4, 0.5) is 4.39 Å². The van der Waals surface area contributed by atoms with Crippen molar-refractivity contribution >= 4 is 7.37 Å². The van der Waals surface area contributed by atoms with E-state index in [0.717, 1.165) is 22.9 Å². The summed E-state index contributed by atoms with van der Waals surface area (Å²) in [5.74, 6) is 0.172. The molecule has 3 aromatic rings. The number of rotatable bonds is 10. The van der Waals surface area contributed by atoms with Crippen molar-refractivity contribution < 1.29 is 28.1 Å². The first-order valence-corrected chi connectivity index (χ1v) is 14.3. The SMILES string of the molecule is COc1cc(-c2ccc(COc3cc(C(C)CP(C)(=O)O)ccn3)cc2C(OC)C(C)(C)C)c(F)cn1. The maximum absolute atomic E-state index is 14.9. The van der Waals surface area contributed by atoms with Crippen LogP contribution in [-0.4, -0.2) is 41.9 Å². The molecule has 0 fully saturated rings. The molecule has 9 heteroatoms. The van der Waals surface area contributed by atoms with E-state index in [4.69, 9.17) is 14.2 Å². The first-order valence-electron chi connectivity index (χ1n) is 12.1. The molecule has 200 valence electrons. The third-order valence-corrected chi connectivity index (χ3v) is 7.30. The van der Waals surface area contributed by atoms with Gasteiger partial charge in [0.05, 0.1) is 19.4 Å². The molecule has 0 bridgehead atoms. The summed E-state index contributed by atoms with van der Waals surface area (Å²) in [6, 6.07) is 10.9. The quantitative estimate of drug-likeness (QED) is 0.295. The largest absolute Gasteiger partial charge is 0.481 e. The summed E-state index contributed by atoms with van der Waals surface area (Å²) >= 11 is 0. The van der Waals surface area contributed by atoms with Gasteiger partial charge in [0.2, 0.25) is 11.8 Å². The Morgan fingerprint density at radius 2 is 1.78 bits per heavy atom. The summed E-state index contributed by atoms with van der Waals surface area (Å²) < 4.78 is 43.8. The third-order valence-electron chi connectivity index (χ3n) is 6.08. The van der Waals surface area contributed by atoms with Gasteiger partial charge in [-0.1, -0.05) is 39.8 Å². The lowest BCUT2D eigenvalue weighted by Crippen LogP contribution is -2.21. The lowest BCUT2D eigenvalue weighted by atomic mass is 9.81. The van der Waals surface area contributed by atoms with Crippen LogP contribution in [-0.2, 0) is 15.9 Å². The van der Waals surface area contributed by atoms with E-state index >= 15 is 0 Å². The molecular weight excluding hydrogens is 494 g/mol. The number of benzene rings is 1. The van der Waals surface area contributed by atoms with Crippen LogP contribution in [0.1, 0.15) is 56.4 Å². The fourth-order valence-electron chi connectivity index (χ4n) is 4.43. The summed E-state index contributed by atoms with van der Waals surface area (Å²) in [6.07, 6.45) is 2.64. The van der Waals surface area contributed by atoms with Crippen molar-refractivity contribution in [3.8, 4) is 22.9 Å². The molecule has 2 heterocycles. The minimum atomic E-state index is -3.15. The molecule has 1 aromatic carbocycles. The van der Waals surface area contributed by atoms with Crippen LogP contribution < -0.4 is 9.47 Å². The minimum Gasteiger partial charge on any atom is -0.481 e. The molecule has 3 atom stereocenters. The highest BCUT2D eigenvalue weighted by Crippen LogP contribution is 2.42. The monoisotopic (exact) mass is 530 g/mol. The molecule has 0 aliphatic rings. The first-order chi connectivity index (χ1) is 17.3. The molecule has 2 aromatic heterocycles. The Morgan fingerprint density at radius 3 is 2.41 bits per heavy atom. The molecule has 1 N–H and O–H groups in total. The zero-order valence-electron chi connectivity index (χ0n) is 22.5. The van der Waals surface area contributed by atoms with E-state index in [2.05, 4.69) is 30.7 Å². The number of hydrogen-bond acceptors (Lipinski definition) is 6. The van der Waals surface area contributed by atoms with Crippen molar-refractivity contribution in [2.45, 2.75) is 46.3 Å². The Hall–Kier alpha value is -2.80. The summed E-state index contributed by atoms with van der Waals surface area (Å²) in [4.78, 5) is 18.0. The zero-order valence-corrected chi connectivity index (χ0v) is 23.4. The molecule has 7 nitrogen and oxygen atoms in total. The maximum atomic E-state index is 14.9. The van der Waals surface area contributed by atoms with Crippen molar-refractivity contribution in [2.75, 3.05) is 27.0 Å². The molecule has 0 spiro atoms. The van der Waals surface area contributed by atoms with Crippen LogP contribution >= 0.6 is 7.37 Å². The van der Waals surface area contributed by atoms with E-state index < -0.39 is 13.2 Å². The average molecular weight is 531 g/mol. The van der Waals surface area contributed by atoms with Crippen LogP contribution in [0.25, 0.3) is 11.1 Å². The lowest BCUT2D eigenvalue weighted by molar-refractivity contribution is 0.0155. The van der Waals surface area contributed by atoms with E-state index in [1.807, 2.05) is 31.2 Å². The van der Waals surface area contributed by atoms with Crippen LogP contribution in [0.15, 0.2) is 48.8 Å². The van der Waals surface area contributed by atoms with Crippen molar-refractivity contribution in [1.29, 1.82) is 0 Å². The molecule has 0 radical (unpaired) electrons. The Morgan fingerprint density at radius 1 is 1.05 bits per heavy atom. The predicted octanol–water partition coefficient (Wildman–Crippen LogP) is 6.61. The maximum Gasteiger partial charge on any atom is 0.213 e. The summed E-state index contributed by atoms with van der Waals surface area (Å²) in [6.45, 7) is 9.69. The molecule has 0 amide bonds. The molecule has 37 heavy (non-hydrogen) atoms. The van der Waals surface area contributed by atoms with Gasteiger partial charge in [0, 0.05) is 43.8 Å². The van der Waals surface area contributed by atoms with Gasteiger partial charge in [-0.05, 0) is 45.7 Å². The first kappa shape index (κ1) is 28.8. The summed E-state index contributed by atoms with van der Waals surface area (Å²) in [5, 5.41) is 0. The smallest absolute Gasteiger partial charge is 0.213 e. The molecule has 0 aliphatic carbocycles. The molecule has 0 saturated heterocycles. The number of hydrogen-bond donors (Lipinski definition) is 1. The molecule has 3 unspecified atom stereocenters. The Labute approximate surface area is 218 Å². The number of aromatic nitrogens is 2. The standard InChI is InChI=1S/C28H36FN2O5P/c1-18(17-37(7,32)33)20-10-11-30-26(13-20)36-16-19-8-9-21(22-14-25(34-5)31-15-24(22)29)23(12-19)27(35-6)28(2,3)4/h8-15,18,27H,16-17H2,1-7H3,(H,32,33). The number of halogens is 1. The molecular formula is C28H36FN2O5P. The van der Waals surface area contributed by atoms with Crippen LogP contribution in [0.3, 0.4) is 0 Å². The Kier molecular flexibility index (Phi) is 9.11. The van der Waals surface area contributed by atoms with Gasteiger partial charge in [-0.15, -0.1) is 0 Å². The van der Waals surface area contributed by atoms with Gasteiger partial charge in [0.25, 0.3) is 0 Å². The second-order valence-electron chi connectivity index (χ2n) is 10.5. The highest BCUT2D eigenvalue weighted by molar-refractivity contribution is 7.57. The molecule has 0 aliphatic heterocycles. The van der Waals surface area contributed by atoms with E-state index in [9.17, 15) is 13.8 Å². The van der Waals surface area contributed by atoms with Gasteiger partial charge in [-0.2, -0.15) is 0 Å². The highest BCUT2D eigenvalue weighted by Gasteiger charge is 2.29. The predicted molar refractivity (Wildman–Crippen MR) is 143 cm³/mol. The van der Waals surface area contributed by atoms with E-state index in [0.29, 0.717) is 22.9 Å². The number of methoxy groups -OCH3 is 2. The molecule has 0 saturated carbocycles. The van der Waals surface area contributed by atoms with Crippen LogP contribution in [0.2, 0.25) is 0 Å². The van der Waals surface area contributed by atoms with Crippen molar-refractivity contribution in [3.05, 3.63) is 71.3 Å². The van der Waals surface area contributed by atoms with Crippen molar-refractivity contribution in [3.63, 3.8) is 0 Å². The number of nitrogens with zero attached hydrogens (tertiary/aromatic N) is 2. The zero-order chi connectivity index (χ0) is 27.4. The van der Waals surface area contributed by atoms with Gasteiger partial charge < -0.3 is 19.1 Å². The van der Waals surface area contributed by atoms with E-state index in [1.165, 1.54) is 13.8 Å². The van der Waals surface area contributed by atoms with E-state index in [1.54, 1.807) is 25.4 Å². The van der Waals surface area contributed by atoms with Gasteiger partial charge in [0.1, 0.15) is 12.4 Å². The number of pyridine rings is 2. The van der Waals surface area contributed by atoms with Gasteiger partial charge in [0.15, 0.2) is 7.37 Å². The second kappa shape index (κ2) is 11.7. The van der Waals surface area contributed by atoms with Crippen molar-refractivity contribution in [2.24, 2.45) is 5.41 Å². The topological polar surface area (TPSA) is 90.8 Å². The van der Waals surface area contributed by atoms with Crippen LogP contribution in [0, 0.1) is 11.2 Å². The lowest BCUT2D eigenvalue weighted by Gasteiger charge is -2.32. The van der Waals surface area contributed by atoms with Crippen molar-refractivity contribution in [1.82, 2.24) is 9.97 Å². The second-order valence-corrected chi connectivity index (χ2v) is 12.9. The minimum absolute atomic E-state index is 0.112. The fraction of sp³-hybridized carbons (Fsp3) is 0.429. The van der Waals surface area contributed by atoms with Gasteiger partial charge in [-0.25, -0.2) is 14.4 Å². The van der Waals surface area contributed by atoms with Gasteiger partial charge >= 0.3 is 0 Å². The summed E-state index contributed by atoms with van der Waals surface area (Å²) in [7, 11) is -0.0120. The molecule has 3 rings (SSSR count). The van der Waals surface area contributed by atoms with Gasteiger partial charge in [-0.3, -0.25) is 4.57 Å². The average Bonchev–Trinajstić information content (AvgIpc) is 2.82.